The van der Waals surface area contributed by atoms with Crippen molar-refractivity contribution in [1.82, 2.24) is 0 Å². The van der Waals surface area contributed by atoms with Gasteiger partial charge in [0.2, 0.25) is 0 Å². The second-order valence-corrected chi connectivity index (χ2v) is 3.31. The Balaban J connectivity index is 2.37. The Morgan fingerprint density at radius 1 is 1.38 bits per heavy atom. The lowest BCUT2D eigenvalue weighted by atomic mass is 10.1. The molecule has 0 spiro atoms. The third-order valence-corrected chi connectivity index (χ3v) is 2.04. The van der Waals surface area contributed by atoms with E-state index in [1.54, 1.807) is 0 Å². The maximum Gasteiger partial charge on any atom is 0.137 e. The SMILES string of the molecule is C#CC[NH2+][C@@H](C)Cc1ccccc1. The Morgan fingerprint density at radius 3 is 2.69 bits per heavy atom. The van der Waals surface area contributed by atoms with Crippen LogP contribution in [-0.2, 0) is 6.42 Å². The fraction of sp³-hybridized carbons (Fsp3) is 0.333. The van der Waals surface area contributed by atoms with Crippen LogP contribution >= 0.6 is 0 Å². The molecule has 0 fully saturated rings. The van der Waals surface area contributed by atoms with Gasteiger partial charge in [0.25, 0.3) is 0 Å². The zero-order valence-electron chi connectivity index (χ0n) is 8.03. The maximum absolute atomic E-state index is 5.19. The fourth-order valence-electron chi connectivity index (χ4n) is 1.34. The summed E-state index contributed by atoms with van der Waals surface area (Å²) in [5.74, 6) is 2.63. The molecule has 1 nitrogen and oxygen atoms in total. The van der Waals surface area contributed by atoms with Gasteiger partial charge < -0.3 is 5.32 Å². The summed E-state index contributed by atoms with van der Waals surface area (Å²) in [5, 5.41) is 2.19. The van der Waals surface area contributed by atoms with Gasteiger partial charge >= 0.3 is 0 Å². The first-order chi connectivity index (χ1) is 6.33. The molecule has 0 amide bonds. The lowest BCUT2D eigenvalue weighted by molar-refractivity contribution is -0.675. The minimum Gasteiger partial charge on any atom is -0.334 e. The van der Waals surface area contributed by atoms with E-state index >= 15 is 0 Å². The normalized spacial score (nSPS) is 12.0. The van der Waals surface area contributed by atoms with Crippen LogP contribution in [0.15, 0.2) is 30.3 Å². The summed E-state index contributed by atoms with van der Waals surface area (Å²) in [6.45, 7) is 2.97. The van der Waals surface area contributed by atoms with Crippen LogP contribution in [0.3, 0.4) is 0 Å². The summed E-state index contributed by atoms with van der Waals surface area (Å²) in [7, 11) is 0. The van der Waals surface area contributed by atoms with Crippen LogP contribution in [0.25, 0.3) is 0 Å². The zero-order valence-corrected chi connectivity index (χ0v) is 8.03. The smallest absolute Gasteiger partial charge is 0.137 e. The summed E-state index contributed by atoms with van der Waals surface area (Å²) >= 11 is 0. The van der Waals surface area contributed by atoms with Crippen molar-refractivity contribution >= 4 is 0 Å². The van der Waals surface area contributed by atoms with E-state index in [4.69, 9.17) is 6.42 Å². The second kappa shape index (κ2) is 5.40. The minimum atomic E-state index is 0.568. The predicted molar refractivity (Wildman–Crippen MR) is 55.2 cm³/mol. The first-order valence-corrected chi connectivity index (χ1v) is 4.63. The lowest BCUT2D eigenvalue weighted by Crippen LogP contribution is -2.89. The fourth-order valence-corrected chi connectivity index (χ4v) is 1.34. The lowest BCUT2D eigenvalue weighted by Gasteiger charge is -2.08. The van der Waals surface area contributed by atoms with Crippen LogP contribution in [0.5, 0.6) is 0 Å². The van der Waals surface area contributed by atoms with Gasteiger partial charge in [-0.05, 0) is 18.4 Å². The van der Waals surface area contributed by atoms with Gasteiger partial charge in [0.1, 0.15) is 6.54 Å². The van der Waals surface area contributed by atoms with Gasteiger partial charge in [-0.2, -0.15) is 0 Å². The highest BCUT2D eigenvalue weighted by molar-refractivity contribution is 5.15. The van der Waals surface area contributed by atoms with Crippen molar-refractivity contribution in [2.75, 3.05) is 6.54 Å². The van der Waals surface area contributed by atoms with Crippen LogP contribution in [0, 0.1) is 12.3 Å². The average Bonchev–Trinajstić information content (AvgIpc) is 2.16. The van der Waals surface area contributed by atoms with Gasteiger partial charge in [0.05, 0.1) is 6.04 Å². The molecule has 0 saturated carbocycles. The summed E-state index contributed by atoms with van der Waals surface area (Å²) in [6, 6.07) is 11.1. The number of terminal acetylenes is 1. The predicted octanol–water partition coefficient (Wildman–Crippen LogP) is 0.814. The molecule has 0 saturated heterocycles. The molecular formula is C12H16N+. The highest BCUT2D eigenvalue weighted by atomic mass is 14.9. The van der Waals surface area contributed by atoms with E-state index in [9.17, 15) is 0 Å². The molecular weight excluding hydrogens is 158 g/mol. The van der Waals surface area contributed by atoms with E-state index < -0.39 is 0 Å². The van der Waals surface area contributed by atoms with Crippen molar-refractivity contribution in [1.29, 1.82) is 0 Å². The zero-order chi connectivity index (χ0) is 9.52. The van der Waals surface area contributed by atoms with Crippen molar-refractivity contribution in [3.8, 4) is 12.3 Å². The molecule has 0 aromatic heterocycles. The van der Waals surface area contributed by atoms with E-state index in [1.807, 2.05) is 6.07 Å². The Morgan fingerprint density at radius 2 is 2.08 bits per heavy atom. The van der Waals surface area contributed by atoms with Gasteiger partial charge in [0, 0.05) is 6.42 Å². The maximum atomic E-state index is 5.19. The van der Waals surface area contributed by atoms with E-state index in [-0.39, 0.29) is 0 Å². The van der Waals surface area contributed by atoms with Crippen LogP contribution in [-0.4, -0.2) is 12.6 Å². The van der Waals surface area contributed by atoms with E-state index in [1.165, 1.54) is 5.56 Å². The highest BCUT2D eigenvalue weighted by Gasteiger charge is 2.03. The van der Waals surface area contributed by atoms with E-state index in [0.29, 0.717) is 6.04 Å². The molecule has 0 aliphatic rings. The monoisotopic (exact) mass is 174 g/mol. The third kappa shape index (κ3) is 3.78. The number of nitrogens with two attached hydrogens (primary N) is 1. The topological polar surface area (TPSA) is 16.6 Å². The van der Waals surface area contributed by atoms with E-state index in [0.717, 1.165) is 13.0 Å². The van der Waals surface area contributed by atoms with Gasteiger partial charge in [-0.3, -0.25) is 0 Å². The quantitative estimate of drug-likeness (QED) is 0.651. The highest BCUT2D eigenvalue weighted by Crippen LogP contribution is 2.00. The van der Waals surface area contributed by atoms with Crippen LogP contribution in [0.4, 0.5) is 0 Å². The molecule has 1 rings (SSSR count). The van der Waals surface area contributed by atoms with E-state index in [2.05, 4.69) is 42.4 Å². The minimum absolute atomic E-state index is 0.568. The molecule has 0 heterocycles. The first kappa shape index (κ1) is 9.83. The Kier molecular flexibility index (Phi) is 4.08. The standard InChI is InChI=1S/C12H15N/c1-3-9-13-11(2)10-12-7-5-4-6-8-12/h1,4-8,11,13H,9-10H2,2H3/p+1/t11-/m0/s1. The van der Waals surface area contributed by atoms with Gasteiger partial charge in [-0.15, -0.1) is 6.42 Å². The molecule has 0 aliphatic carbocycles. The molecule has 1 aromatic carbocycles. The van der Waals surface area contributed by atoms with Crippen LogP contribution in [0.2, 0.25) is 0 Å². The Labute approximate surface area is 80.2 Å². The molecule has 1 aromatic rings. The molecule has 2 N–H and O–H groups in total. The molecule has 0 aliphatic heterocycles. The summed E-state index contributed by atoms with van der Waals surface area (Å²) < 4.78 is 0. The molecule has 0 radical (unpaired) electrons. The third-order valence-electron chi connectivity index (χ3n) is 2.04. The van der Waals surface area contributed by atoms with Crippen molar-refractivity contribution in [3.05, 3.63) is 35.9 Å². The Hall–Kier alpha value is -1.26. The van der Waals surface area contributed by atoms with Crippen molar-refractivity contribution in [2.24, 2.45) is 0 Å². The molecule has 1 atom stereocenters. The number of quaternary nitrogens is 1. The molecule has 1 heteroatoms. The summed E-state index contributed by atoms with van der Waals surface area (Å²) in [4.78, 5) is 0. The van der Waals surface area contributed by atoms with Crippen molar-refractivity contribution < 1.29 is 5.32 Å². The van der Waals surface area contributed by atoms with Gasteiger partial charge in [0.15, 0.2) is 0 Å². The average molecular weight is 174 g/mol. The van der Waals surface area contributed by atoms with Crippen LogP contribution in [0.1, 0.15) is 12.5 Å². The number of hydrogen-bond acceptors (Lipinski definition) is 0. The second-order valence-electron chi connectivity index (χ2n) is 3.31. The largest absolute Gasteiger partial charge is 0.334 e. The molecule has 0 bridgehead atoms. The van der Waals surface area contributed by atoms with Gasteiger partial charge in [-0.1, -0.05) is 30.3 Å². The molecule has 68 valence electrons. The van der Waals surface area contributed by atoms with Gasteiger partial charge in [-0.25, -0.2) is 0 Å². The first-order valence-electron chi connectivity index (χ1n) is 4.63. The molecule has 0 unspecified atom stereocenters. The summed E-state index contributed by atoms with van der Waals surface area (Å²) in [5.41, 5.74) is 1.38. The number of rotatable bonds is 4. The number of benzene rings is 1. The van der Waals surface area contributed by atoms with Crippen molar-refractivity contribution in [2.45, 2.75) is 19.4 Å². The molecule has 13 heavy (non-hydrogen) atoms. The van der Waals surface area contributed by atoms with Crippen molar-refractivity contribution in [3.63, 3.8) is 0 Å². The number of hydrogen-bond donors (Lipinski definition) is 1. The van der Waals surface area contributed by atoms with Crippen LogP contribution < -0.4 is 5.32 Å². The summed E-state index contributed by atoms with van der Waals surface area (Å²) in [6.07, 6.45) is 6.27. The Bertz CT molecular complexity index is 271.